The van der Waals surface area contributed by atoms with Crippen LogP contribution in [0.2, 0.25) is 0 Å². The van der Waals surface area contributed by atoms with Gasteiger partial charge in [0.2, 0.25) is 0 Å². The highest BCUT2D eigenvalue weighted by molar-refractivity contribution is 5.40. The highest BCUT2D eigenvalue weighted by Gasteiger charge is 2.19. The van der Waals surface area contributed by atoms with Crippen LogP contribution >= 0.6 is 0 Å². The van der Waals surface area contributed by atoms with Crippen LogP contribution in [0.15, 0.2) is 18.2 Å². The van der Waals surface area contributed by atoms with Crippen molar-refractivity contribution in [1.82, 2.24) is 5.32 Å². The first-order valence-corrected chi connectivity index (χ1v) is 6.28. The second-order valence-corrected chi connectivity index (χ2v) is 4.73. The maximum absolute atomic E-state index is 9.91. The Morgan fingerprint density at radius 2 is 2.06 bits per heavy atom. The number of nitrogens with one attached hydrogen (secondary N) is 1. The second-order valence-electron chi connectivity index (χ2n) is 4.73. The predicted molar refractivity (Wildman–Crippen MR) is 73.9 cm³/mol. The van der Waals surface area contributed by atoms with Crippen molar-refractivity contribution in [1.29, 1.82) is 0 Å². The molecule has 0 saturated carbocycles. The topological polar surface area (TPSA) is 67.5 Å². The van der Waals surface area contributed by atoms with Crippen molar-refractivity contribution in [2.75, 3.05) is 20.7 Å². The third-order valence-electron chi connectivity index (χ3n) is 3.17. The average molecular weight is 252 g/mol. The Kier molecular flexibility index (Phi) is 5.59. The molecule has 0 radical (unpaired) electrons. The molecular weight excluding hydrogens is 228 g/mol. The Morgan fingerprint density at radius 3 is 2.50 bits per heavy atom. The van der Waals surface area contributed by atoms with Crippen LogP contribution in [0.25, 0.3) is 0 Å². The summed E-state index contributed by atoms with van der Waals surface area (Å²) in [7, 11) is 3.49. The SMILES string of the molecule is CNC(c1ccc(OC)c(C(C)C)c1)C(O)CN. The van der Waals surface area contributed by atoms with Crippen molar-refractivity contribution in [2.24, 2.45) is 5.73 Å². The maximum atomic E-state index is 9.91. The molecule has 0 heterocycles. The number of hydrogen-bond acceptors (Lipinski definition) is 4. The number of ether oxygens (including phenoxy) is 1. The van der Waals surface area contributed by atoms with Crippen LogP contribution in [0.4, 0.5) is 0 Å². The minimum Gasteiger partial charge on any atom is -0.496 e. The first-order valence-electron chi connectivity index (χ1n) is 6.28. The fourth-order valence-corrected chi connectivity index (χ4v) is 2.11. The summed E-state index contributed by atoms with van der Waals surface area (Å²) in [5.74, 6) is 1.25. The molecule has 18 heavy (non-hydrogen) atoms. The zero-order valence-corrected chi connectivity index (χ0v) is 11.6. The van der Waals surface area contributed by atoms with Crippen molar-refractivity contribution < 1.29 is 9.84 Å². The van der Waals surface area contributed by atoms with E-state index in [2.05, 4.69) is 25.2 Å². The minimum absolute atomic E-state index is 0.154. The third-order valence-corrected chi connectivity index (χ3v) is 3.17. The molecule has 0 aliphatic carbocycles. The van der Waals surface area contributed by atoms with E-state index in [0.29, 0.717) is 5.92 Å². The summed E-state index contributed by atoms with van der Waals surface area (Å²) in [6.07, 6.45) is -0.594. The molecule has 1 aromatic rings. The molecule has 4 heteroatoms. The van der Waals surface area contributed by atoms with Crippen molar-refractivity contribution in [3.63, 3.8) is 0 Å². The first kappa shape index (κ1) is 15.0. The lowest BCUT2D eigenvalue weighted by Crippen LogP contribution is -2.35. The van der Waals surface area contributed by atoms with Crippen molar-refractivity contribution in [2.45, 2.75) is 31.9 Å². The van der Waals surface area contributed by atoms with E-state index in [9.17, 15) is 5.11 Å². The average Bonchev–Trinajstić information content (AvgIpc) is 2.39. The van der Waals surface area contributed by atoms with Gasteiger partial charge in [-0.2, -0.15) is 0 Å². The summed E-state index contributed by atoms with van der Waals surface area (Å²) in [6.45, 7) is 4.47. The molecule has 0 saturated heterocycles. The van der Waals surface area contributed by atoms with Crippen LogP contribution < -0.4 is 15.8 Å². The molecule has 1 rings (SSSR count). The van der Waals surface area contributed by atoms with Gasteiger partial charge in [-0.1, -0.05) is 26.0 Å². The van der Waals surface area contributed by atoms with Crippen LogP contribution in [0, 0.1) is 0 Å². The van der Waals surface area contributed by atoms with Gasteiger partial charge >= 0.3 is 0 Å². The van der Waals surface area contributed by atoms with Crippen LogP contribution in [0.1, 0.15) is 36.9 Å². The number of hydrogen-bond donors (Lipinski definition) is 3. The molecule has 0 bridgehead atoms. The molecule has 0 spiro atoms. The van der Waals surface area contributed by atoms with Gasteiger partial charge in [0.15, 0.2) is 0 Å². The summed E-state index contributed by atoms with van der Waals surface area (Å²) in [5.41, 5.74) is 7.69. The third kappa shape index (κ3) is 3.22. The van der Waals surface area contributed by atoms with E-state index in [1.165, 1.54) is 0 Å². The van der Waals surface area contributed by atoms with Crippen LogP contribution in [0.3, 0.4) is 0 Å². The summed E-state index contributed by atoms with van der Waals surface area (Å²) in [4.78, 5) is 0. The van der Waals surface area contributed by atoms with E-state index < -0.39 is 6.10 Å². The smallest absolute Gasteiger partial charge is 0.122 e. The molecule has 0 fully saturated rings. The van der Waals surface area contributed by atoms with Gasteiger partial charge in [0.05, 0.1) is 19.3 Å². The molecule has 102 valence electrons. The van der Waals surface area contributed by atoms with Gasteiger partial charge in [-0.3, -0.25) is 0 Å². The normalized spacial score (nSPS) is 14.6. The van der Waals surface area contributed by atoms with E-state index in [4.69, 9.17) is 10.5 Å². The van der Waals surface area contributed by atoms with E-state index in [-0.39, 0.29) is 12.6 Å². The lowest BCUT2D eigenvalue weighted by Gasteiger charge is -2.23. The molecule has 0 aromatic heterocycles. The summed E-state index contributed by atoms with van der Waals surface area (Å²) in [5, 5.41) is 13.0. The van der Waals surface area contributed by atoms with Gasteiger partial charge in [-0.15, -0.1) is 0 Å². The summed E-state index contributed by atoms with van der Waals surface area (Å²) < 4.78 is 5.35. The quantitative estimate of drug-likeness (QED) is 0.716. The van der Waals surface area contributed by atoms with Gasteiger partial charge < -0.3 is 20.9 Å². The molecule has 0 aliphatic rings. The monoisotopic (exact) mass is 252 g/mol. The van der Waals surface area contributed by atoms with E-state index in [1.54, 1.807) is 7.11 Å². The van der Waals surface area contributed by atoms with Crippen LogP contribution in [0.5, 0.6) is 5.75 Å². The number of benzene rings is 1. The van der Waals surface area contributed by atoms with Gasteiger partial charge in [-0.25, -0.2) is 0 Å². The fraction of sp³-hybridized carbons (Fsp3) is 0.571. The molecule has 2 atom stereocenters. The Bertz CT molecular complexity index is 380. The molecule has 4 N–H and O–H groups in total. The Hall–Kier alpha value is -1.10. The maximum Gasteiger partial charge on any atom is 0.122 e. The van der Waals surface area contributed by atoms with Gasteiger partial charge in [0, 0.05) is 6.54 Å². The fourth-order valence-electron chi connectivity index (χ4n) is 2.11. The van der Waals surface area contributed by atoms with Crippen LogP contribution in [-0.2, 0) is 0 Å². The second kappa shape index (κ2) is 6.73. The molecule has 0 amide bonds. The summed E-state index contributed by atoms with van der Waals surface area (Å²) in [6, 6.07) is 5.82. The van der Waals surface area contributed by atoms with E-state index in [1.807, 2.05) is 19.2 Å². The zero-order chi connectivity index (χ0) is 13.7. The number of aliphatic hydroxyl groups excluding tert-OH is 1. The zero-order valence-electron chi connectivity index (χ0n) is 11.6. The molecule has 0 aliphatic heterocycles. The first-order chi connectivity index (χ1) is 8.54. The number of aliphatic hydroxyl groups is 1. The number of methoxy groups -OCH3 is 1. The van der Waals surface area contributed by atoms with E-state index in [0.717, 1.165) is 16.9 Å². The highest BCUT2D eigenvalue weighted by atomic mass is 16.5. The standard InChI is InChI=1S/C14H24N2O2/c1-9(2)11-7-10(5-6-13(11)18-4)14(16-3)12(17)8-15/h5-7,9,12,14,16-17H,8,15H2,1-4H3. The Balaban J connectivity index is 3.13. The molecule has 4 nitrogen and oxygen atoms in total. The Labute approximate surface area is 109 Å². The minimum atomic E-state index is -0.594. The number of nitrogens with two attached hydrogens (primary N) is 1. The lowest BCUT2D eigenvalue weighted by atomic mass is 9.94. The van der Waals surface area contributed by atoms with E-state index >= 15 is 0 Å². The van der Waals surface area contributed by atoms with Gasteiger partial charge in [0.25, 0.3) is 0 Å². The largest absolute Gasteiger partial charge is 0.496 e. The van der Waals surface area contributed by atoms with Gasteiger partial charge in [-0.05, 0) is 30.2 Å². The lowest BCUT2D eigenvalue weighted by molar-refractivity contribution is 0.139. The molecular formula is C14H24N2O2. The molecule has 2 unspecified atom stereocenters. The highest BCUT2D eigenvalue weighted by Crippen LogP contribution is 2.30. The molecule has 1 aromatic carbocycles. The van der Waals surface area contributed by atoms with Gasteiger partial charge in [0.1, 0.15) is 5.75 Å². The van der Waals surface area contributed by atoms with Crippen molar-refractivity contribution in [3.8, 4) is 5.75 Å². The number of likely N-dealkylation sites (N-methyl/N-ethyl adjacent to an activating group) is 1. The van der Waals surface area contributed by atoms with Crippen LogP contribution in [-0.4, -0.2) is 31.9 Å². The predicted octanol–water partition coefficient (Wildman–Crippen LogP) is 1.40. The number of rotatable bonds is 6. The van der Waals surface area contributed by atoms with Crippen molar-refractivity contribution >= 4 is 0 Å². The Morgan fingerprint density at radius 1 is 1.39 bits per heavy atom. The summed E-state index contributed by atoms with van der Waals surface area (Å²) >= 11 is 0. The van der Waals surface area contributed by atoms with Crippen molar-refractivity contribution in [3.05, 3.63) is 29.3 Å².